The van der Waals surface area contributed by atoms with Gasteiger partial charge in [-0.2, -0.15) is 0 Å². The second-order valence-electron chi connectivity index (χ2n) is 6.91. The lowest BCUT2D eigenvalue weighted by molar-refractivity contribution is -0.116. The Morgan fingerprint density at radius 1 is 1.19 bits per heavy atom. The molecule has 0 N–H and O–H groups in total. The normalized spacial score (nSPS) is 15.8. The van der Waals surface area contributed by atoms with Crippen molar-refractivity contribution in [3.63, 3.8) is 0 Å². The number of fused-ring (bicyclic) bond motifs is 1. The minimum absolute atomic E-state index is 0.0587. The SMILES string of the molecule is Cc1ccc(-c2nnc(SCC(=O)N3c4ccccc4C[C@@H]3C)o2)cc1C. The van der Waals surface area contributed by atoms with Crippen LogP contribution in [0, 0.1) is 13.8 Å². The Kier molecular flexibility index (Phi) is 4.74. The Morgan fingerprint density at radius 2 is 2.00 bits per heavy atom. The molecule has 2 heterocycles. The molecule has 0 spiro atoms. The van der Waals surface area contributed by atoms with Gasteiger partial charge in [-0.15, -0.1) is 10.2 Å². The van der Waals surface area contributed by atoms with E-state index in [9.17, 15) is 4.79 Å². The maximum absolute atomic E-state index is 12.8. The Bertz CT molecular complexity index is 999. The topological polar surface area (TPSA) is 59.2 Å². The Hall–Kier alpha value is -2.60. The van der Waals surface area contributed by atoms with Gasteiger partial charge < -0.3 is 9.32 Å². The Balaban J connectivity index is 1.44. The summed E-state index contributed by atoms with van der Waals surface area (Å²) in [5.74, 6) is 0.809. The van der Waals surface area contributed by atoms with Crippen molar-refractivity contribution in [1.29, 1.82) is 0 Å². The first kappa shape index (κ1) is 17.8. The third-order valence-electron chi connectivity index (χ3n) is 4.96. The van der Waals surface area contributed by atoms with Crippen LogP contribution in [0.2, 0.25) is 0 Å². The first-order valence-corrected chi connectivity index (χ1v) is 9.95. The second kappa shape index (κ2) is 7.19. The lowest BCUT2D eigenvalue weighted by Crippen LogP contribution is -2.36. The number of hydrogen-bond acceptors (Lipinski definition) is 5. The summed E-state index contributed by atoms with van der Waals surface area (Å²) >= 11 is 1.28. The minimum Gasteiger partial charge on any atom is -0.411 e. The molecule has 4 rings (SSSR count). The lowest BCUT2D eigenvalue weighted by atomic mass is 10.1. The summed E-state index contributed by atoms with van der Waals surface area (Å²) in [6, 6.07) is 14.3. The van der Waals surface area contributed by atoms with Gasteiger partial charge in [0.1, 0.15) is 0 Å². The van der Waals surface area contributed by atoms with Gasteiger partial charge in [0.25, 0.3) is 5.22 Å². The molecule has 0 fully saturated rings. The van der Waals surface area contributed by atoms with Crippen LogP contribution in [0.4, 0.5) is 5.69 Å². The second-order valence-corrected chi connectivity index (χ2v) is 7.83. The largest absolute Gasteiger partial charge is 0.411 e. The van der Waals surface area contributed by atoms with Gasteiger partial charge in [0, 0.05) is 17.3 Å². The van der Waals surface area contributed by atoms with Gasteiger partial charge in [0.05, 0.1) is 5.75 Å². The van der Waals surface area contributed by atoms with Crippen LogP contribution in [0.3, 0.4) is 0 Å². The Morgan fingerprint density at radius 3 is 2.81 bits per heavy atom. The molecular weight excluding hydrogens is 358 g/mol. The molecule has 3 aromatic rings. The summed E-state index contributed by atoms with van der Waals surface area (Å²) in [5, 5.41) is 8.62. The fraction of sp³-hybridized carbons (Fsp3) is 0.286. The van der Waals surface area contributed by atoms with Crippen LogP contribution in [-0.2, 0) is 11.2 Å². The van der Waals surface area contributed by atoms with Crippen molar-refractivity contribution in [2.45, 2.75) is 38.5 Å². The van der Waals surface area contributed by atoms with Crippen LogP contribution in [-0.4, -0.2) is 27.9 Å². The van der Waals surface area contributed by atoms with Crippen molar-refractivity contribution in [2.24, 2.45) is 0 Å². The van der Waals surface area contributed by atoms with Gasteiger partial charge >= 0.3 is 0 Å². The van der Waals surface area contributed by atoms with E-state index in [1.165, 1.54) is 28.5 Å². The third-order valence-corrected chi connectivity index (χ3v) is 5.76. The zero-order chi connectivity index (χ0) is 19.0. The highest BCUT2D eigenvalue weighted by Crippen LogP contribution is 2.33. The van der Waals surface area contributed by atoms with E-state index in [1.54, 1.807) is 0 Å². The highest BCUT2D eigenvalue weighted by molar-refractivity contribution is 7.99. The van der Waals surface area contributed by atoms with E-state index in [1.807, 2.05) is 41.3 Å². The Labute approximate surface area is 162 Å². The van der Waals surface area contributed by atoms with E-state index in [2.05, 4.69) is 37.0 Å². The number of hydrogen-bond donors (Lipinski definition) is 0. The molecule has 0 saturated heterocycles. The molecule has 1 amide bonds. The monoisotopic (exact) mass is 379 g/mol. The van der Waals surface area contributed by atoms with E-state index >= 15 is 0 Å². The molecule has 1 aromatic heterocycles. The van der Waals surface area contributed by atoms with E-state index < -0.39 is 0 Å². The fourth-order valence-electron chi connectivity index (χ4n) is 3.40. The minimum atomic E-state index is 0.0587. The first-order chi connectivity index (χ1) is 13.0. The number of thioether (sulfide) groups is 1. The summed E-state index contributed by atoms with van der Waals surface area (Å²) < 4.78 is 5.74. The molecule has 1 atom stereocenters. The molecule has 1 aliphatic rings. The van der Waals surface area contributed by atoms with E-state index in [-0.39, 0.29) is 17.7 Å². The van der Waals surface area contributed by atoms with Gasteiger partial charge in [-0.25, -0.2) is 0 Å². The molecule has 0 saturated carbocycles. The summed E-state index contributed by atoms with van der Waals surface area (Å²) in [5.41, 5.74) is 5.52. The number of carbonyl (C=O) groups excluding carboxylic acids is 1. The van der Waals surface area contributed by atoms with Crippen molar-refractivity contribution < 1.29 is 9.21 Å². The van der Waals surface area contributed by atoms with Crippen molar-refractivity contribution in [3.8, 4) is 11.5 Å². The molecule has 138 valence electrons. The molecule has 27 heavy (non-hydrogen) atoms. The number of benzene rings is 2. The summed E-state index contributed by atoms with van der Waals surface area (Å²) in [4.78, 5) is 14.6. The maximum atomic E-state index is 12.8. The third kappa shape index (κ3) is 3.49. The van der Waals surface area contributed by atoms with E-state index in [0.717, 1.165) is 17.7 Å². The van der Waals surface area contributed by atoms with Crippen molar-refractivity contribution in [2.75, 3.05) is 10.7 Å². The summed E-state index contributed by atoms with van der Waals surface area (Å²) in [6.07, 6.45) is 0.893. The average Bonchev–Trinajstić information content (AvgIpc) is 3.25. The van der Waals surface area contributed by atoms with Crippen LogP contribution in [0.15, 0.2) is 52.1 Å². The number of nitrogens with zero attached hydrogens (tertiary/aromatic N) is 3. The van der Waals surface area contributed by atoms with E-state index in [4.69, 9.17) is 4.42 Å². The molecule has 0 bridgehead atoms. The first-order valence-electron chi connectivity index (χ1n) is 8.97. The van der Waals surface area contributed by atoms with Gasteiger partial charge in [0.15, 0.2) is 0 Å². The van der Waals surface area contributed by atoms with E-state index in [0.29, 0.717) is 11.1 Å². The number of para-hydroxylation sites is 1. The number of rotatable bonds is 4. The highest BCUT2D eigenvalue weighted by atomic mass is 32.2. The molecule has 6 heteroatoms. The van der Waals surface area contributed by atoms with Gasteiger partial charge in [-0.1, -0.05) is 36.0 Å². The molecule has 5 nitrogen and oxygen atoms in total. The van der Waals surface area contributed by atoms with Crippen LogP contribution in [0.25, 0.3) is 11.5 Å². The van der Waals surface area contributed by atoms with Crippen LogP contribution < -0.4 is 4.90 Å². The van der Waals surface area contributed by atoms with Crippen LogP contribution >= 0.6 is 11.8 Å². The summed E-state index contributed by atoms with van der Waals surface area (Å²) in [7, 11) is 0. The molecule has 0 aliphatic carbocycles. The van der Waals surface area contributed by atoms with Crippen LogP contribution in [0.5, 0.6) is 0 Å². The predicted octanol–water partition coefficient (Wildman–Crippen LogP) is 4.42. The molecule has 1 aliphatic heterocycles. The summed E-state index contributed by atoms with van der Waals surface area (Å²) in [6.45, 7) is 6.20. The number of anilines is 1. The quantitative estimate of drug-likeness (QED) is 0.628. The molecular formula is C21H21N3O2S. The smallest absolute Gasteiger partial charge is 0.277 e. The van der Waals surface area contributed by atoms with Crippen molar-refractivity contribution in [1.82, 2.24) is 10.2 Å². The number of aryl methyl sites for hydroxylation is 2. The predicted molar refractivity (Wildman–Crippen MR) is 107 cm³/mol. The molecule has 0 radical (unpaired) electrons. The van der Waals surface area contributed by atoms with Crippen molar-refractivity contribution in [3.05, 3.63) is 59.2 Å². The number of amides is 1. The number of carbonyl (C=O) groups is 1. The van der Waals surface area contributed by atoms with Crippen molar-refractivity contribution >= 4 is 23.4 Å². The average molecular weight is 379 g/mol. The fourth-order valence-corrected chi connectivity index (χ4v) is 4.02. The maximum Gasteiger partial charge on any atom is 0.277 e. The standard InChI is InChI=1S/C21H21N3O2S/c1-13-8-9-17(10-14(13)2)20-22-23-21(26-20)27-12-19(25)24-15(3)11-16-6-4-5-7-18(16)24/h4-10,15H,11-12H2,1-3H3/t15-/m0/s1. The molecule has 0 unspecified atom stereocenters. The van der Waals surface area contributed by atoms with Crippen LogP contribution in [0.1, 0.15) is 23.6 Å². The highest BCUT2D eigenvalue weighted by Gasteiger charge is 2.30. The molecule has 2 aromatic carbocycles. The zero-order valence-electron chi connectivity index (χ0n) is 15.6. The van der Waals surface area contributed by atoms with Gasteiger partial charge in [-0.05, 0) is 62.1 Å². The zero-order valence-corrected chi connectivity index (χ0v) is 16.4. The number of aromatic nitrogens is 2. The van der Waals surface area contributed by atoms with Gasteiger partial charge in [0.2, 0.25) is 11.8 Å². The lowest BCUT2D eigenvalue weighted by Gasteiger charge is -2.22. The van der Waals surface area contributed by atoms with Gasteiger partial charge in [-0.3, -0.25) is 4.79 Å².